The Balaban J connectivity index is 1.97. The summed E-state index contributed by atoms with van der Waals surface area (Å²) in [6, 6.07) is -1.45. The van der Waals surface area contributed by atoms with E-state index in [9.17, 15) is 19.5 Å². The number of amides is 2. The summed E-state index contributed by atoms with van der Waals surface area (Å²) >= 11 is 0. The van der Waals surface area contributed by atoms with Crippen molar-refractivity contribution in [2.75, 3.05) is 0 Å². The fourth-order valence-electron chi connectivity index (χ4n) is 2.41. The molecule has 0 aromatic carbocycles. The number of nitrogens with one attached hydrogen (secondary N) is 2. The van der Waals surface area contributed by atoms with Gasteiger partial charge in [-0.15, -0.1) is 0 Å². The van der Waals surface area contributed by atoms with Crippen LogP contribution < -0.4 is 10.6 Å². The Labute approximate surface area is 129 Å². The van der Waals surface area contributed by atoms with Gasteiger partial charge in [0, 0.05) is 5.92 Å². The van der Waals surface area contributed by atoms with E-state index >= 15 is 0 Å². The van der Waals surface area contributed by atoms with Gasteiger partial charge in [0.1, 0.15) is 12.1 Å². The number of ether oxygens (including phenoxy) is 1. The predicted octanol–water partition coefficient (Wildman–Crippen LogP) is 0.0675. The van der Waals surface area contributed by atoms with E-state index in [1.807, 2.05) is 20.8 Å². The van der Waals surface area contributed by atoms with Crippen molar-refractivity contribution in [2.45, 2.75) is 64.8 Å². The van der Waals surface area contributed by atoms with Gasteiger partial charge in [-0.2, -0.15) is 0 Å². The van der Waals surface area contributed by atoms with E-state index in [1.165, 1.54) is 0 Å². The molecule has 7 heteroatoms. The number of aliphatic hydroxyl groups excluding tert-OH is 1. The van der Waals surface area contributed by atoms with Crippen LogP contribution in [0.15, 0.2) is 0 Å². The van der Waals surface area contributed by atoms with Crippen LogP contribution in [0.1, 0.15) is 46.5 Å². The van der Waals surface area contributed by atoms with Crippen molar-refractivity contribution in [3.63, 3.8) is 0 Å². The van der Waals surface area contributed by atoms with Crippen LogP contribution in [-0.4, -0.2) is 41.3 Å². The molecule has 1 aliphatic carbocycles. The quantitative estimate of drug-likeness (QED) is 0.623. The summed E-state index contributed by atoms with van der Waals surface area (Å²) in [6.07, 6.45) is 0.796. The highest BCUT2D eigenvalue weighted by molar-refractivity contribution is 5.90. The molecule has 124 valence electrons. The van der Waals surface area contributed by atoms with Crippen molar-refractivity contribution in [3.8, 4) is 0 Å². The van der Waals surface area contributed by atoms with E-state index in [1.54, 1.807) is 0 Å². The summed E-state index contributed by atoms with van der Waals surface area (Å²) < 4.78 is 4.60. The van der Waals surface area contributed by atoms with Gasteiger partial charge in [-0.25, -0.2) is 0 Å². The Morgan fingerprint density at radius 2 is 2.00 bits per heavy atom. The first-order chi connectivity index (χ1) is 10.2. The Morgan fingerprint density at radius 1 is 1.36 bits per heavy atom. The molecule has 0 aromatic heterocycles. The van der Waals surface area contributed by atoms with Gasteiger partial charge in [0.25, 0.3) is 0 Å². The van der Waals surface area contributed by atoms with Gasteiger partial charge >= 0.3 is 5.97 Å². The number of hydrogen-bond donors (Lipinski definition) is 3. The summed E-state index contributed by atoms with van der Waals surface area (Å²) in [7, 11) is 0. The molecule has 1 saturated heterocycles. The third kappa shape index (κ3) is 4.69. The lowest BCUT2D eigenvalue weighted by atomic mass is 9.87. The van der Waals surface area contributed by atoms with Crippen LogP contribution >= 0.6 is 0 Å². The van der Waals surface area contributed by atoms with Gasteiger partial charge in [-0.05, 0) is 24.7 Å². The van der Waals surface area contributed by atoms with Crippen LogP contribution in [0.4, 0.5) is 0 Å². The summed E-state index contributed by atoms with van der Waals surface area (Å²) in [5.41, 5.74) is -0.153. The van der Waals surface area contributed by atoms with E-state index in [0.717, 1.165) is 12.8 Å². The monoisotopic (exact) mass is 312 g/mol. The van der Waals surface area contributed by atoms with Gasteiger partial charge in [-0.1, -0.05) is 20.8 Å². The minimum Gasteiger partial charge on any atom is -0.434 e. The molecule has 1 unspecified atom stereocenters. The standard InChI is InChI=1S/C15H24N2O5/c1-15(2,3)7-10(17-12(19)8-4-5-8)13(20)16-9-6-11(18)22-14(9)21/h8-10,14,21H,4-7H2,1-3H3,(H,16,20)(H,17,19)/t9-,10-,14?/m0/s1. The van der Waals surface area contributed by atoms with E-state index in [2.05, 4.69) is 15.4 Å². The molecule has 1 saturated carbocycles. The number of esters is 1. The molecular weight excluding hydrogens is 288 g/mol. The second kappa shape index (κ2) is 6.24. The first kappa shape index (κ1) is 16.7. The second-order valence-electron chi connectivity index (χ2n) is 7.30. The average molecular weight is 312 g/mol. The minimum absolute atomic E-state index is 0.0113. The van der Waals surface area contributed by atoms with E-state index in [0.29, 0.717) is 6.42 Å². The molecule has 0 radical (unpaired) electrons. The number of rotatable bonds is 5. The largest absolute Gasteiger partial charge is 0.434 e. The molecule has 2 fully saturated rings. The third-order valence-corrected chi connectivity index (χ3v) is 3.71. The van der Waals surface area contributed by atoms with Crippen LogP contribution in [0.25, 0.3) is 0 Å². The molecule has 0 bridgehead atoms. The molecule has 3 atom stereocenters. The number of aliphatic hydroxyl groups is 1. The summed E-state index contributed by atoms with van der Waals surface area (Å²) in [6.45, 7) is 5.94. The fraction of sp³-hybridized carbons (Fsp3) is 0.800. The van der Waals surface area contributed by atoms with Crippen LogP contribution in [-0.2, 0) is 19.1 Å². The van der Waals surface area contributed by atoms with Crippen LogP contribution in [0.2, 0.25) is 0 Å². The Hall–Kier alpha value is -1.63. The van der Waals surface area contributed by atoms with Crippen molar-refractivity contribution in [2.24, 2.45) is 11.3 Å². The van der Waals surface area contributed by atoms with Crippen molar-refractivity contribution in [1.82, 2.24) is 10.6 Å². The zero-order valence-corrected chi connectivity index (χ0v) is 13.2. The Bertz CT molecular complexity index is 467. The fourth-order valence-corrected chi connectivity index (χ4v) is 2.41. The van der Waals surface area contributed by atoms with Crippen molar-refractivity contribution >= 4 is 17.8 Å². The van der Waals surface area contributed by atoms with Crippen LogP contribution in [0.3, 0.4) is 0 Å². The maximum atomic E-state index is 12.4. The van der Waals surface area contributed by atoms with Gasteiger partial charge in [0.2, 0.25) is 18.1 Å². The highest BCUT2D eigenvalue weighted by Gasteiger charge is 2.38. The number of cyclic esters (lactones) is 1. The molecule has 1 heterocycles. The van der Waals surface area contributed by atoms with E-state index in [4.69, 9.17) is 0 Å². The molecule has 2 aliphatic rings. The molecule has 2 rings (SSSR count). The zero-order chi connectivity index (χ0) is 16.5. The first-order valence-electron chi connectivity index (χ1n) is 7.64. The Kier molecular flexibility index (Phi) is 4.75. The lowest BCUT2D eigenvalue weighted by Crippen LogP contribution is -2.52. The first-order valence-corrected chi connectivity index (χ1v) is 7.64. The van der Waals surface area contributed by atoms with Gasteiger partial charge in [0.15, 0.2) is 0 Å². The highest BCUT2D eigenvalue weighted by Crippen LogP contribution is 2.29. The lowest BCUT2D eigenvalue weighted by Gasteiger charge is -2.27. The molecule has 7 nitrogen and oxygen atoms in total. The molecule has 0 aromatic rings. The summed E-state index contributed by atoms with van der Waals surface area (Å²) in [4.78, 5) is 35.5. The van der Waals surface area contributed by atoms with Crippen LogP contribution in [0.5, 0.6) is 0 Å². The second-order valence-corrected chi connectivity index (χ2v) is 7.30. The number of carbonyl (C=O) groups is 3. The maximum absolute atomic E-state index is 12.4. The van der Waals surface area contributed by atoms with Crippen molar-refractivity contribution < 1.29 is 24.2 Å². The predicted molar refractivity (Wildman–Crippen MR) is 77.4 cm³/mol. The third-order valence-electron chi connectivity index (χ3n) is 3.71. The molecule has 2 amide bonds. The van der Waals surface area contributed by atoms with E-state index in [-0.39, 0.29) is 23.7 Å². The topological polar surface area (TPSA) is 105 Å². The lowest BCUT2D eigenvalue weighted by molar-refractivity contribution is -0.155. The molecule has 1 aliphatic heterocycles. The highest BCUT2D eigenvalue weighted by atomic mass is 16.6. The number of carbonyl (C=O) groups excluding carboxylic acids is 3. The van der Waals surface area contributed by atoms with Crippen LogP contribution in [0, 0.1) is 11.3 Å². The van der Waals surface area contributed by atoms with Gasteiger partial charge in [-0.3, -0.25) is 14.4 Å². The van der Waals surface area contributed by atoms with Crippen molar-refractivity contribution in [1.29, 1.82) is 0 Å². The van der Waals surface area contributed by atoms with Gasteiger partial charge < -0.3 is 20.5 Å². The zero-order valence-electron chi connectivity index (χ0n) is 13.2. The molecule has 3 N–H and O–H groups in total. The number of hydrogen-bond acceptors (Lipinski definition) is 5. The smallest absolute Gasteiger partial charge is 0.310 e. The van der Waals surface area contributed by atoms with E-state index < -0.39 is 30.3 Å². The average Bonchev–Trinajstić information content (AvgIpc) is 3.15. The minimum atomic E-state index is -1.33. The summed E-state index contributed by atoms with van der Waals surface area (Å²) in [5, 5.41) is 14.9. The summed E-state index contributed by atoms with van der Waals surface area (Å²) in [5.74, 6) is -1.04. The normalized spacial score (nSPS) is 26.3. The van der Waals surface area contributed by atoms with Crippen molar-refractivity contribution in [3.05, 3.63) is 0 Å². The molecule has 0 spiro atoms. The Morgan fingerprint density at radius 3 is 2.45 bits per heavy atom. The SMILES string of the molecule is CC(C)(C)C[C@H](NC(=O)C1CC1)C(=O)N[C@H]1CC(=O)OC1O. The molecule has 22 heavy (non-hydrogen) atoms. The maximum Gasteiger partial charge on any atom is 0.310 e. The molecular formula is C15H24N2O5. The van der Waals surface area contributed by atoms with Gasteiger partial charge in [0.05, 0.1) is 6.42 Å².